The molecule has 94 valence electrons. The van der Waals surface area contributed by atoms with Gasteiger partial charge in [0.25, 0.3) is 0 Å². The summed E-state index contributed by atoms with van der Waals surface area (Å²) in [5.41, 5.74) is 6.62. The van der Waals surface area contributed by atoms with Crippen LogP contribution in [0, 0.1) is 11.7 Å². The minimum atomic E-state index is -0.340. The third kappa shape index (κ3) is 3.35. The van der Waals surface area contributed by atoms with E-state index in [9.17, 15) is 4.39 Å². The molecule has 0 atom stereocenters. The fourth-order valence-electron chi connectivity index (χ4n) is 2.58. The summed E-state index contributed by atoms with van der Waals surface area (Å²) in [7, 11) is 0. The van der Waals surface area contributed by atoms with Gasteiger partial charge < -0.3 is 11.1 Å². The van der Waals surface area contributed by atoms with Gasteiger partial charge in [0, 0.05) is 6.54 Å². The Morgan fingerprint density at radius 3 is 2.76 bits per heavy atom. The molecule has 0 amide bonds. The van der Waals surface area contributed by atoms with Crippen LogP contribution < -0.4 is 11.1 Å². The van der Waals surface area contributed by atoms with Crippen LogP contribution in [0.2, 0.25) is 0 Å². The quantitative estimate of drug-likeness (QED) is 0.780. The second-order valence-corrected chi connectivity index (χ2v) is 4.92. The Bertz CT molecular complexity index is 359. The maximum atomic E-state index is 13.2. The highest BCUT2D eigenvalue weighted by atomic mass is 19.1. The second kappa shape index (κ2) is 5.89. The van der Waals surface area contributed by atoms with E-state index in [1.807, 2.05) is 6.07 Å². The van der Waals surface area contributed by atoms with Crippen LogP contribution in [0.3, 0.4) is 0 Å². The summed E-state index contributed by atoms with van der Waals surface area (Å²) in [6, 6.07) is 4.91. The Labute approximate surface area is 102 Å². The van der Waals surface area contributed by atoms with Gasteiger partial charge in [0.05, 0.1) is 11.4 Å². The number of halogens is 1. The zero-order valence-electron chi connectivity index (χ0n) is 10.2. The molecular weight excluding hydrogens is 215 g/mol. The van der Waals surface area contributed by atoms with Crippen LogP contribution in [0.4, 0.5) is 15.8 Å². The SMILES string of the molecule is Nc1c(F)cccc1NCCC1CCCCC1. The van der Waals surface area contributed by atoms with Crippen LogP contribution in [0.15, 0.2) is 18.2 Å². The van der Waals surface area contributed by atoms with Crippen molar-refractivity contribution in [2.45, 2.75) is 38.5 Å². The molecule has 2 nitrogen and oxygen atoms in total. The molecule has 0 bridgehead atoms. The summed E-state index contributed by atoms with van der Waals surface area (Å²) in [5.74, 6) is 0.499. The van der Waals surface area contributed by atoms with Gasteiger partial charge in [-0.15, -0.1) is 0 Å². The van der Waals surface area contributed by atoms with Crippen LogP contribution in [-0.2, 0) is 0 Å². The van der Waals surface area contributed by atoms with Crippen molar-refractivity contribution in [3.63, 3.8) is 0 Å². The minimum Gasteiger partial charge on any atom is -0.395 e. The fourth-order valence-corrected chi connectivity index (χ4v) is 2.58. The fraction of sp³-hybridized carbons (Fsp3) is 0.571. The Morgan fingerprint density at radius 2 is 2.00 bits per heavy atom. The lowest BCUT2D eigenvalue weighted by Gasteiger charge is -2.21. The molecule has 1 aromatic rings. The van der Waals surface area contributed by atoms with Gasteiger partial charge in [0.15, 0.2) is 0 Å². The van der Waals surface area contributed by atoms with Gasteiger partial charge in [-0.3, -0.25) is 0 Å². The van der Waals surface area contributed by atoms with E-state index in [1.54, 1.807) is 6.07 Å². The number of benzene rings is 1. The summed E-state index contributed by atoms with van der Waals surface area (Å²) in [5, 5.41) is 3.24. The van der Waals surface area contributed by atoms with Crippen LogP contribution in [0.1, 0.15) is 38.5 Å². The van der Waals surface area contributed by atoms with Crippen molar-refractivity contribution in [3.05, 3.63) is 24.0 Å². The Morgan fingerprint density at radius 1 is 1.24 bits per heavy atom. The number of nitrogens with two attached hydrogens (primary N) is 1. The maximum Gasteiger partial charge on any atom is 0.148 e. The van der Waals surface area contributed by atoms with E-state index in [2.05, 4.69) is 5.32 Å². The van der Waals surface area contributed by atoms with Crippen molar-refractivity contribution in [1.82, 2.24) is 0 Å². The molecule has 3 heteroatoms. The molecule has 1 fully saturated rings. The molecule has 1 aliphatic rings. The molecule has 17 heavy (non-hydrogen) atoms. The predicted octanol–water partition coefficient (Wildman–Crippen LogP) is 3.79. The first kappa shape index (κ1) is 12.2. The average molecular weight is 236 g/mol. The van der Waals surface area contributed by atoms with Gasteiger partial charge in [-0.25, -0.2) is 4.39 Å². The molecular formula is C14H21FN2. The van der Waals surface area contributed by atoms with E-state index in [-0.39, 0.29) is 11.5 Å². The van der Waals surface area contributed by atoms with Crippen LogP contribution >= 0.6 is 0 Å². The molecule has 0 spiro atoms. The van der Waals surface area contributed by atoms with E-state index in [4.69, 9.17) is 5.73 Å². The summed E-state index contributed by atoms with van der Waals surface area (Å²) in [6.07, 6.45) is 7.98. The predicted molar refractivity (Wildman–Crippen MR) is 70.5 cm³/mol. The number of anilines is 2. The van der Waals surface area contributed by atoms with Crippen LogP contribution in [-0.4, -0.2) is 6.54 Å². The number of nitrogens with one attached hydrogen (secondary N) is 1. The molecule has 0 unspecified atom stereocenters. The van der Waals surface area contributed by atoms with Gasteiger partial charge >= 0.3 is 0 Å². The Kier molecular flexibility index (Phi) is 4.24. The summed E-state index contributed by atoms with van der Waals surface area (Å²) in [6.45, 7) is 0.887. The van der Waals surface area contributed by atoms with Crippen molar-refractivity contribution in [3.8, 4) is 0 Å². The number of hydrogen-bond acceptors (Lipinski definition) is 2. The van der Waals surface area contributed by atoms with E-state index in [0.717, 1.165) is 24.6 Å². The molecule has 0 radical (unpaired) electrons. The molecule has 3 N–H and O–H groups in total. The van der Waals surface area contributed by atoms with Crippen LogP contribution in [0.5, 0.6) is 0 Å². The van der Waals surface area contributed by atoms with E-state index < -0.39 is 0 Å². The average Bonchev–Trinajstić information content (AvgIpc) is 2.36. The first-order chi connectivity index (χ1) is 8.27. The Hall–Kier alpha value is -1.25. The summed E-state index contributed by atoms with van der Waals surface area (Å²) >= 11 is 0. The van der Waals surface area contributed by atoms with Crippen molar-refractivity contribution < 1.29 is 4.39 Å². The lowest BCUT2D eigenvalue weighted by atomic mass is 9.87. The molecule has 1 saturated carbocycles. The van der Waals surface area contributed by atoms with Gasteiger partial charge in [0.2, 0.25) is 0 Å². The van der Waals surface area contributed by atoms with Gasteiger partial charge in [-0.05, 0) is 24.5 Å². The zero-order valence-corrected chi connectivity index (χ0v) is 10.2. The highest BCUT2D eigenvalue weighted by Crippen LogP contribution is 2.27. The number of hydrogen-bond donors (Lipinski definition) is 2. The first-order valence-corrected chi connectivity index (χ1v) is 6.55. The number of nitrogen functional groups attached to an aromatic ring is 1. The molecule has 1 aliphatic carbocycles. The highest BCUT2D eigenvalue weighted by molar-refractivity contribution is 5.66. The third-order valence-electron chi connectivity index (χ3n) is 3.65. The zero-order chi connectivity index (χ0) is 12.1. The largest absolute Gasteiger partial charge is 0.395 e. The van der Waals surface area contributed by atoms with Crippen molar-refractivity contribution in [1.29, 1.82) is 0 Å². The lowest BCUT2D eigenvalue weighted by molar-refractivity contribution is 0.345. The minimum absolute atomic E-state index is 0.233. The summed E-state index contributed by atoms with van der Waals surface area (Å²) < 4.78 is 13.2. The lowest BCUT2D eigenvalue weighted by Crippen LogP contribution is -2.13. The highest BCUT2D eigenvalue weighted by Gasteiger charge is 2.13. The smallest absolute Gasteiger partial charge is 0.148 e. The number of para-hydroxylation sites is 1. The van der Waals surface area contributed by atoms with Crippen molar-refractivity contribution in [2.24, 2.45) is 5.92 Å². The van der Waals surface area contributed by atoms with Gasteiger partial charge in [-0.1, -0.05) is 38.2 Å². The Balaban J connectivity index is 1.79. The molecule has 1 aromatic carbocycles. The maximum absolute atomic E-state index is 13.2. The van der Waals surface area contributed by atoms with Gasteiger partial charge in [0.1, 0.15) is 5.82 Å². The standard InChI is InChI=1S/C14H21FN2/c15-12-7-4-8-13(14(12)16)17-10-9-11-5-2-1-3-6-11/h4,7-8,11,17H,1-3,5-6,9-10,16H2. The van der Waals surface area contributed by atoms with E-state index in [0.29, 0.717) is 0 Å². The topological polar surface area (TPSA) is 38.0 Å². The number of rotatable bonds is 4. The molecule has 2 rings (SSSR count). The molecule has 0 heterocycles. The normalized spacial score (nSPS) is 17.0. The molecule has 0 aliphatic heterocycles. The van der Waals surface area contributed by atoms with E-state index >= 15 is 0 Å². The van der Waals surface area contributed by atoms with Gasteiger partial charge in [-0.2, -0.15) is 0 Å². The van der Waals surface area contributed by atoms with E-state index in [1.165, 1.54) is 38.2 Å². The second-order valence-electron chi connectivity index (χ2n) is 4.92. The monoisotopic (exact) mass is 236 g/mol. The molecule has 0 aromatic heterocycles. The van der Waals surface area contributed by atoms with Crippen molar-refractivity contribution in [2.75, 3.05) is 17.6 Å². The summed E-state index contributed by atoms with van der Waals surface area (Å²) in [4.78, 5) is 0. The third-order valence-corrected chi connectivity index (χ3v) is 3.65. The first-order valence-electron chi connectivity index (χ1n) is 6.55. The molecule has 0 saturated heterocycles. The van der Waals surface area contributed by atoms with Crippen LogP contribution in [0.25, 0.3) is 0 Å². The van der Waals surface area contributed by atoms with Crippen molar-refractivity contribution >= 4 is 11.4 Å².